The van der Waals surface area contributed by atoms with Gasteiger partial charge in [0.05, 0.1) is 5.41 Å². The summed E-state index contributed by atoms with van der Waals surface area (Å²) in [6.07, 6.45) is 10.0. The average molecular weight is 694 g/mol. The van der Waals surface area contributed by atoms with E-state index in [0.29, 0.717) is 23.6 Å². The summed E-state index contributed by atoms with van der Waals surface area (Å²) in [7, 11) is 0. The van der Waals surface area contributed by atoms with Crippen molar-refractivity contribution in [3.05, 3.63) is 34.4 Å². The van der Waals surface area contributed by atoms with Crippen LogP contribution in [0.15, 0.2) is 17.7 Å². The van der Waals surface area contributed by atoms with Crippen LogP contribution in [0.25, 0.3) is 0 Å². The minimum absolute atomic E-state index is 0. The SMILES string of the molecule is Cc1c(O)c(O)cc2c1CC=C1C2(C)CCC2(C)C3CC(C)(C(=O)O)CCC3(C)CCC12C.Cl.ClCCN(CCCl)CCCl. The monoisotopic (exact) mass is 691 g/mol. The van der Waals surface area contributed by atoms with Crippen molar-refractivity contribution in [2.24, 2.45) is 27.6 Å². The van der Waals surface area contributed by atoms with Crippen molar-refractivity contribution < 1.29 is 20.1 Å². The van der Waals surface area contributed by atoms with E-state index in [9.17, 15) is 20.1 Å². The van der Waals surface area contributed by atoms with Crippen molar-refractivity contribution in [1.29, 1.82) is 0 Å². The molecule has 6 atom stereocenters. The first-order valence-electron chi connectivity index (χ1n) is 16.0. The van der Waals surface area contributed by atoms with Crippen LogP contribution in [0, 0.1) is 34.5 Å². The molecular weight excluding hydrogens is 640 g/mol. The normalized spacial score (nSPS) is 35.5. The lowest BCUT2D eigenvalue weighted by Crippen LogP contribution is -2.62. The Morgan fingerprint density at radius 1 is 0.909 bits per heavy atom. The third-order valence-electron chi connectivity index (χ3n) is 12.8. The predicted molar refractivity (Wildman–Crippen MR) is 185 cm³/mol. The van der Waals surface area contributed by atoms with Crippen LogP contribution in [0.4, 0.5) is 0 Å². The second-order valence-electron chi connectivity index (χ2n) is 15.0. The van der Waals surface area contributed by atoms with Crippen LogP contribution in [0.5, 0.6) is 11.5 Å². The summed E-state index contributed by atoms with van der Waals surface area (Å²) in [6.45, 7) is 16.2. The highest BCUT2D eigenvalue weighted by atomic mass is 35.5. The van der Waals surface area contributed by atoms with E-state index < -0.39 is 11.4 Å². The number of nitrogens with zero attached hydrogens (tertiary/aromatic N) is 1. The van der Waals surface area contributed by atoms with Crippen LogP contribution < -0.4 is 0 Å². The van der Waals surface area contributed by atoms with Crippen molar-refractivity contribution in [1.82, 2.24) is 4.90 Å². The van der Waals surface area contributed by atoms with E-state index in [-0.39, 0.29) is 45.6 Å². The Bertz CT molecular complexity index is 1240. The third kappa shape index (κ3) is 6.12. The second kappa shape index (κ2) is 13.7. The fraction of sp³-hybridized carbons (Fsp3) is 0.743. The fourth-order valence-electron chi connectivity index (χ4n) is 9.59. The van der Waals surface area contributed by atoms with Crippen LogP contribution in [0.1, 0.15) is 96.3 Å². The van der Waals surface area contributed by atoms with Gasteiger partial charge in [0.15, 0.2) is 11.5 Å². The number of aliphatic carboxylic acids is 1. The van der Waals surface area contributed by atoms with Gasteiger partial charge in [-0.05, 0) is 110 Å². The number of hydrogen-bond donors (Lipinski definition) is 3. The van der Waals surface area contributed by atoms with Gasteiger partial charge in [0.1, 0.15) is 0 Å². The molecule has 4 aliphatic carbocycles. The van der Waals surface area contributed by atoms with Crippen molar-refractivity contribution >= 4 is 53.2 Å². The van der Waals surface area contributed by atoms with E-state index in [4.69, 9.17) is 34.8 Å². The van der Waals surface area contributed by atoms with Crippen LogP contribution in [0.3, 0.4) is 0 Å². The van der Waals surface area contributed by atoms with Gasteiger partial charge in [0, 0.05) is 42.7 Å². The summed E-state index contributed by atoms with van der Waals surface area (Å²) in [5, 5.41) is 30.9. The maximum absolute atomic E-state index is 12.3. The highest BCUT2D eigenvalue weighted by molar-refractivity contribution is 6.18. The van der Waals surface area contributed by atoms with E-state index in [2.05, 4.69) is 38.7 Å². The quantitative estimate of drug-likeness (QED) is 0.151. The molecule has 3 N–H and O–H groups in total. The van der Waals surface area contributed by atoms with Crippen molar-refractivity contribution in [2.75, 3.05) is 37.3 Å². The zero-order valence-electron chi connectivity index (χ0n) is 27.4. The molecule has 0 aromatic heterocycles. The van der Waals surface area contributed by atoms with E-state index >= 15 is 0 Å². The van der Waals surface area contributed by atoms with Gasteiger partial charge in [-0.2, -0.15) is 0 Å². The molecule has 4 aliphatic rings. The highest BCUT2D eigenvalue weighted by Crippen LogP contribution is 2.74. The van der Waals surface area contributed by atoms with Crippen LogP contribution >= 0.6 is 47.2 Å². The van der Waals surface area contributed by atoms with Gasteiger partial charge in [-0.25, -0.2) is 0 Å². The zero-order chi connectivity index (χ0) is 32.0. The zero-order valence-corrected chi connectivity index (χ0v) is 30.5. The number of halogens is 4. The molecule has 0 radical (unpaired) electrons. The van der Waals surface area contributed by atoms with Crippen LogP contribution in [-0.4, -0.2) is 63.5 Å². The van der Waals surface area contributed by atoms with Crippen LogP contribution in [0.2, 0.25) is 0 Å². The smallest absolute Gasteiger partial charge is 0.309 e. The lowest BCUT2D eigenvalue weighted by atomic mass is 9.34. The van der Waals surface area contributed by atoms with Gasteiger partial charge in [-0.15, -0.1) is 47.2 Å². The number of allylic oxidation sites excluding steroid dienone is 2. The summed E-state index contributed by atoms with van der Waals surface area (Å²) in [4.78, 5) is 14.4. The van der Waals surface area contributed by atoms with Crippen molar-refractivity contribution in [3.63, 3.8) is 0 Å². The summed E-state index contributed by atoms with van der Waals surface area (Å²) in [6, 6.07) is 1.81. The van der Waals surface area contributed by atoms with Gasteiger partial charge in [0.25, 0.3) is 0 Å². The predicted octanol–water partition coefficient (Wildman–Crippen LogP) is 9.07. The molecule has 0 saturated heterocycles. The topological polar surface area (TPSA) is 81.0 Å². The average Bonchev–Trinajstić information content (AvgIpc) is 2.95. The number of carboxylic acids is 1. The first kappa shape index (κ1) is 37.6. The minimum Gasteiger partial charge on any atom is -0.504 e. The van der Waals surface area contributed by atoms with Gasteiger partial charge in [0.2, 0.25) is 0 Å². The first-order chi connectivity index (χ1) is 20.1. The number of phenols is 2. The molecule has 6 unspecified atom stereocenters. The van der Waals surface area contributed by atoms with Gasteiger partial charge in [-0.3, -0.25) is 9.69 Å². The standard InChI is InChI=1S/C29H40O4.C6H12Cl3N.ClH/c1-17-18-7-8-21-27(4,19(18)15-20(30)23(17)31)12-14-29(6)22-16-26(3,24(32)33)10-9-25(22,2)11-13-28(21,29)5;7-1-4-10(5-2-8)6-3-9;/h8,15,22,30-31H,7,9-14,16H2,1-6H3,(H,32,33);1-6H2;1H. The molecule has 0 amide bonds. The number of carbonyl (C=O) groups is 1. The molecule has 3 saturated carbocycles. The molecule has 1 aromatic carbocycles. The van der Waals surface area contributed by atoms with Crippen molar-refractivity contribution in [2.45, 2.75) is 98.3 Å². The Morgan fingerprint density at radius 3 is 2.02 bits per heavy atom. The maximum atomic E-state index is 12.3. The molecule has 0 spiro atoms. The lowest BCUT2D eigenvalue weighted by Gasteiger charge is -2.69. The molecule has 5 nitrogen and oxygen atoms in total. The van der Waals surface area contributed by atoms with E-state index in [1.807, 2.05) is 19.9 Å². The number of phenolic OH excluding ortho intramolecular Hbond substituents is 2. The Morgan fingerprint density at radius 2 is 1.48 bits per heavy atom. The Kier molecular flexibility index (Phi) is 11.7. The molecule has 9 heteroatoms. The van der Waals surface area contributed by atoms with E-state index in [0.717, 1.165) is 82.1 Å². The molecule has 44 heavy (non-hydrogen) atoms. The number of alkyl halides is 3. The third-order valence-corrected chi connectivity index (χ3v) is 13.3. The second-order valence-corrected chi connectivity index (χ2v) is 16.1. The summed E-state index contributed by atoms with van der Waals surface area (Å²) >= 11 is 16.6. The Hall–Kier alpha value is -0.850. The number of hydrogen-bond acceptors (Lipinski definition) is 4. The molecule has 0 bridgehead atoms. The number of benzene rings is 1. The molecule has 1 aromatic rings. The van der Waals surface area contributed by atoms with E-state index in [1.54, 1.807) is 0 Å². The summed E-state index contributed by atoms with van der Waals surface area (Å²) < 4.78 is 0. The molecular formula is C35H53Cl4NO4. The Labute approximate surface area is 286 Å². The van der Waals surface area contributed by atoms with Gasteiger partial charge >= 0.3 is 5.97 Å². The summed E-state index contributed by atoms with van der Waals surface area (Å²) in [5.74, 6) is 1.66. The summed E-state index contributed by atoms with van der Waals surface area (Å²) in [5.41, 5.74) is 4.00. The minimum atomic E-state index is -0.641. The molecule has 250 valence electrons. The Balaban J connectivity index is 0.000000417. The lowest BCUT2D eigenvalue weighted by molar-refractivity contribution is -0.177. The molecule has 5 rings (SSSR count). The van der Waals surface area contributed by atoms with E-state index in [1.165, 1.54) is 11.1 Å². The largest absolute Gasteiger partial charge is 0.504 e. The van der Waals surface area contributed by atoms with Crippen molar-refractivity contribution in [3.8, 4) is 11.5 Å². The number of rotatable bonds is 7. The molecule has 0 aliphatic heterocycles. The first-order valence-corrected chi connectivity index (χ1v) is 17.6. The molecule has 3 fully saturated rings. The number of aromatic hydroxyl groups is 2. The van der Waals surface area contributed by atoms with Crippen LogP contribution in [-0.2, 0) is 16.6 Å². The highest BCUT2D eigenvalue weighted by Gasteiger charge is 2.67. The van der Waals surface area contributed by atoms with Gasteiger partial charge in [-0.1, -0.05) is 39.3 Å². The molecule has 0 heterocycles. The maximum Gasteiger partial charge on any atom is 0.309 e. The number of fused-ring (bicyclic) bond motifs is 7. The number of carboxylic acid groups (broad SMARTS) is 1. The van der Waals surface area contributed by atoms with Gasteiger partial charge < -0.3 is 15.3 Å². The fourth-order valence-corrected chi connectivity index (χ4v) is 10.3.